The van der Waals surface area contributed by atoms with Crippen molar-refractivity contribution in [2.24, 2.45) is 13.0 Å². The van der Waals surface area contributed by atoms with E-state index in [0.29, 0.717) is 17.0 Å². The third-order valence-corrected chi connectivity index (χ3v) is 4.31. The monoisotopic (exact) mass is 327 g/mol. The molecule has 1 aromatic carbocycles. The molecule has 0 spiro atoms. The lowest BCUT2D eigenvalue weighted by Gasteiger charge is -2.17. The Labute approximate surface area is 137 Å². The average Bonchev–Trinajstić information content (AvgIpc) is 3.25. The Morgan fingerprint density at radius 3 is 2.92 bits per heavy atom. The number of rotatable bonds is 5. The Hall–Kier alpha value is -2.90. The number of benzene rings is 1. The molecule has 2 heterocycles. The predicted molar refractivity (Wildman–Crippen MR) is 85.1 cm³/mol. The van der Waals surface area contributed by atoms with Gasteiger partial charge in [0, 0.05) is 7.05 Å². The van der Waals surface area contributed by atoms with Crippen molar-refractivity contribution >= 4 is 17.0 Å². The van der Waals surface area contributed by atoms with Crippen molar-refractivity contribution in [1.29, 1.82) is 0 Å². The first-order chi connectivity index (χ1) is 11.6. The van der Waals surface area contributed by atoms with Crippen LogP contribution in [0.1, 0.15) is 24.7 Å². The molecule has 1 aliphatic carbocycles. The summed E-state index contributed by atoms with van der Waals surface area (Å²) in [5.74, 6) is 0.321. The molecule has 2 aromatic heterocycles. The van der Waals surface area contributed by atoms with Crippen LogP contribution in [-0.4, -0.2) is 25.2 Å². The number of para-hydroxylation sites is 2. The molecule has 124 valence electrons. The van der Waals surface area contributed by atoms with Gasteiger partial charge in [0.25, 0.3) is 0 Å². The van der Waals surface area contributed by atoms with E-state index in [2.05, 4.69) is 15.4 Å². The average molecular weight is 327 g/mol. The Balaban J connectivity index is 1.56. The molecular weight excluding hydrogens is 310 g/mol. The third kappa shape index (κ3) is 2.60. The van der Waals surface area contributed by atoms with E-state index in [1.807, 2.05) is 0 Å². The molecule has 1 saturated carbocycles. The van der Waals surface area contributed by atoms with E-state index in [1.54, 1.807) is 36.0 Å². The van der Waals surface area contributed by atoms with Crippen LogP contribution in [0.2, 0.25) is 0 Å². The topological polar surface area (TPSA) is 95.0 Å². The van der Waals surface area contributed by atoms with Gasteiger partial charge in [0.1, 0.15) is 18.7 Å². The highest BCUT2D eigenvalue weighted by Crippen LogP contribution is 2.40. The van der Waals surface area contributed by atoms with E-state index in [1.165, 1.54) is 10.9 Å². The summed E-state index contributed by atoms with van der Waals surface area (Å²) in [6.45, 7) is -0.0864. The zero-order valence-electron chi connectivity index (χ0n) is 13.2. The SMILES string of the molecule is Cn1ncnc1[C@H](NC(=O)Cn1c(=O)oc2ccccc21)C1CC1. The lowest BCUT2D eigenvalue weighted by Crippen LogP contribution is -2.35. The number of aryl methyl sites for hydroxylation is 1. The van der Waals surface area contributed by atoms with Crippen LogP contribution in [0.25, 0.3) is 11.1 Å². The maximum Gasteiger partial charge on any atom is 0.420 e. The number of carbonyl (C=O) groups is 1. The summed E-state index contributed by atoms with van der Waals surface area (Å²) in [6.07, 6.45) is 3.57. The number of amides is 1. The Morgan fingerprint density at radius 2 is 2.21 bits per heavy atom. The Morgan fingerprint density at radius 1 is 1.42 bits per heavy atom. The van der Waals surface area contributed by atoms with E-state index >= 15 is 0 Å². The number of hydrogen-bond donors (Lipinski definition) is 1. The fourth-order valence-corrected chi connectivity index (χ4v) is 2.94. The number of nitrogens with one attached hydrogen (secondary N) is 1. The molecule has 0 saturated heterocycles. The van der Waals surface area contributed by atoms with Crippen LogP contribution in [0, 0.1) is 5.92 Å². The number of carbonyl (C=O) groups excluding carboxylic acids is 1. The van der Waals surface area contributed by atoms with Crippen molar-refractivity contribution in [3.05, 3.63) is 47.0 Å². The molecule has 0 aliphatic heterocycles. The van der Waals surface area contributed by atoms with Gasteiger partial charge in [-0.05, 0) is 30.9 Å². The molecular formula is C16H17N5O3. The lowest BCUT2D eigenvalue weighted by molar-refractivity contribution is -0.122. The quantitative estimate of drug-likeness (QED) is 0.754. The standard InChI is InChI=1S/C16H17N5O3/c1-20-15(17-9-18-20)14(10-6-7-10)19-13(22)8-21-11-4-2-3-5-12(11)24-16(21)23/h2-5,9-10,14H,6-8H2,1H3,(H,19,22)/t14-/m1/s1. The Kier molecular flexibility index (Phi) is 3.44. The summed E-state index contributed by atoms with van der Waals surface area (Å²) in [7, 11) is 1.80. The molecule has 1 fully saturated rings. The van der Waals surface area contributed by atoms with Crippen LogP contribution in [0.3, 0.4) is 0 Å². The minimum absolute atomic E-state index is 0.0864. The summed E-state index contributed by atoms with van der Waals surface area (Å²) >= 11 is 0. The number of aromatic nitrogens is 4. The maximum absolute atomic E-state index is 12.5. The second kappa shape index (κ2) is 5.63. The highest BCUT2D eigenvalue weighted by atomic mass is 16.4. The van der Waals surface area contributed by atoms with Gasteiger partial charge in [0.2, 0.25) is 5.91 Å². The molecule has 1 amide bonds. The van der Waals surface area contributed by atoms with Crippen molar-refractivity contribution in [2.45, 2.75) is 25.4 Å². The summed E-state index contributed by atoms with van der Waals surface area (Å²) in [5.41, 5.74) is 1.08. The van der Waals surface area contributed by atoms with Gasteiger partial charge in [-0.25, -0.2) is 9.78 Å². The fourth-order valence-electron chi connectivity index (χ4n) is 2.94. The minimum atomic E-state index is -0.534. The number of fused-ring (bicyclic) bond motifs is 1. The first kappa shape index (κ1) is 14.7. The summed E-state index contributed by atoms with van der Waals surface area (Å²) in [4.78, 5) is 28.7. The van der Waals surface area contributed by atoms with Crippen LogP contribution < -0.4 is 11.1 Å². The third-order valence-electron chi connectivity index (χ3n) is 4.31. The number of hydrogen-bond acceptors (Lipinski definition) is 5. The molecule has 8 heteroatoms. The molecule has 1 N–H and O–H groups in total. The van der Waals surface area contributed by atoms with Gasteiger partial charge in [-0.15, -0.1) is 0 Å². The van der Waals surface area contributed by atoms with E-state index < -0.39 is 5.76 Å². The Bertz CT molecular complexity index is 950. The number of oxazole rings is 1. The highest BCUT2D eigenvalue weighted by molar-refractivity contribution is 5.79. The van der Waals surface area contributed by atoms with Crippen molar-refractivity contribution in [3.63, 3.8) is 0 Å². The molecule has 0 bridgehead atoms. The maximum atomic E-state index is 12.5. The second-order valence-electron chi connectivity index (χ2n) is 6.05. The van der Waals surface area contributed by atoms with Gasteiger partial charge in [-0.2, -0.15) is 5.10 Å². The van der Waals surface area contributed by atoms with Crippen molar-refractivity contribution in [1.82, 2.24) is 24.6 Å². The molecule has 4 rings (SSSR count). The fraction of sp³-hybridized carbons (Fsp3) is 0.375. The van der Waals surface area contributed by atoms with Gasteiger partial charge >= 0.3 is 5.76 Å². The zero-order valence-corrected chi connectivity index (χ0v) is 13.2. The van der Waals surface area contributed by atoms with Crippen molar-refractivity contribution in [2.75, 3.05) is 0 Å². The van der Waals surface area contributed by atoms with Crippen LogP contribution in [0.4, 0.5) is 0 Å². The van der Waals surface area contributed by atoms with E-state index in [9.17, 15) is 9.59 Å². The molecule has 0 radical (unpaired) electrons. The summed E-state index contributed by atoms with van der Waals surface area (Å²) in [6, 6.07) is 6.87. The largest absolute Gasteiger partial charge is 0.420 e. The molecule has 1 aliphatic rings. The van der Waals surface area contributed by atoms with E-state index in [-0.39, 0.29) is 18.5 Å². The smallest absolute Gasteiger partial charge is 0.408 e. The summed E-state index contributed by atoms with van der Waals surface area (Å²) in [5, 5.41) is 7.06. The van der Waals surface area contributed by atoms with Crippen LogP contribution in [-0.2, 0) is 18.4 Å². The molecule has 24 heavy (non-hydrogen) atoms. The number of nitrogens with zero attached hydrogens (tertiary/aromatic N) is 4. The van der Waals surface area contributed by atoms with Crippen molar-refractivity contribution in [3.8, 4) is 0 Å². The van der Waals surface area contributed by atoms with Gasteiger partial charge in [0.15, 0.2) is 5.58 Å². The van der Waals surface area contributed by atoms with E-state index in [4.69, 9.17) is 4.42 Å². The van der Waals surface area contributed by atoms with Crippen molar-refractivity contribution < 1.29 is 9.21 Å². The molecule has 3 aromatic rings. The minimum Gasteiger partial charge on any atom is -0.408 e. The van der Waals surface area contributed by atoms with Gasteiger partial charge in [-0.1, -0.05) is 12.1 Å². The first-order valence-corrected chi connectivity index (χ1v) is 7.85. The van der Waals surface area contributed by atoms with Crippen LogP contribution in [0.5, 0.6) is 0 Å². The van der Waals surface area contributed by atoms with Crippen LogP contribution >= 0.6 is 0 Å². The van der Waals surface area contributed by atoms with Gasteiger partial charge < -0.3 is 9.73 Å². The zero-order chi connectivity index (χ0) is 16.7. The van der Waals surface area contributed by atoms with E-state index in [0.717, 1.165) is 18.7 Å². The predicted octanol–water partition coefficient (Wildman–Crippen LogP) is 0.990. The molecule has 1 atom stereocenters. The van der Waals surface area contributed by atoms with Gasteiger partial charge in [0.05, 0.1) is 11.6 Å². The first-order valence-electron chi connectivity index (χ1n) is 7.85. The lowest BCUT2D eigenvalue weighted by atomic mass is 10.1. The molecule has 0 unspecified atom stereocenters. The van der Waals surface area contributed by atoms with Gasteiger partial charge in [-0.3, -0.25) is 14.0 Å². The van der Waals surface area contributed by atoms with Crippen LogP contribution in [0.15, 0.2) is 39.8 Å². The molecule has 8 nitrogen and oxygen atoms in total. The highest BCUT2D eigenvalue weighted by Gasteiger charge is 2.36. The summed E-state index contributed by atoms with van der Waals surface area (Å²) < 4.78 is 8.16. The second-order valence-corrected chi connectivity index (χ2v) is 6.05. The normalized spacial score (nSPS) is 15.5.